The predicted octanol–water partition coefficient (Wildman–Crippen LogP) is 3.77. The molecule has 0 atom stereocenters. The highest BCUT2D eigenvalue weighted by Gasteiger charge is 2.19. The van der Waals surface area contributed by atoms with Gasteiger partial charge < -0.3 is 9.64 Å². The van der Waals surface area contributed by atoms with Gasteiger partial charge in [0.25, 0.3) is 0 Å². The molecule has 0 fully saturated rings. The minimum Gasteiger partial charge on any atom is -0.488 e. The number of benzene rings is 2. The van der Waals surface area contributed by atoms with E-state index in [1.54, 1.807) is 6.07 Å². The summed E-state index contributed by atoms with van der Waals surface area (Å²) in [6, 6.07) is 13.9. The highest BCUT2D eigenvalue weighted by Crippen LogP contribution is 2.37. The fourth-order valence-electron chi connectivity index (χ4n) is 2.85. The van der Waals surface area contributed by atoms with E-state index in [1.165, 1.54) is 11.1 Å². The number of hydrogen-bond acceptors (Lipinski definition) is 3. The van der Waals surface area contributed by atoms with Crippen molar-refractivity contribution in [3.63, 3.8) is 0 Å². The molecule has 0 bridgehead atoms. The van der Waals surface area contributed by atoms with Crippen LogP contribution in [0.15, 0.2) is 48.5 Å². The fourth-order valence-corrected chi connectivity index (χ4v) is 2.85. The molecule has 0 N–H and O–H groups in total. The van der Waals surface area contributed by atoms with Crippen LogP contribution in [0.4, 0.5) is 0 Å². The lowest BCUT2D eigenvalue weighted by Crippen LogP contribution is -2.12. The molecule has 118 valence electrons. The lowest BCUT2D eigenvalue weighted by molar-refractivity contribution is 0.112. The van der Waals surface area contributed by atoms with Gasteiger partial charge in [-0.1, -0.05) is 30.3 Å². The van der Waals surface area contributed by atoms with Gasteiger partial charge in [0.2, 0.25) is 0 Å². The van der Waals surface area contributed by atoms with Crippen LogP contribution in [-0.4, -0.2) is 31.8 Å². The second-order valence-electron chi connectivity index (χ2n) is 6.03. The van der Waals surface area contributed by atoms with Crippen molar-refractivity contribution in [2.75, 3.05) is 20.6 Å². The Morgan fingerprint density at radius 2 is 1.96 bits per heavy atom. The van der Waals surface area contributed by atoms with Crippen LogP contribution in [-0.2, 0) is 6.61 Å². The summed E-state index contributed by atoms with van der Waals surface area (Å²) in [5.74, 6) is 0.836. The SMILES string of the molecule is CN(C)CC/C=C1/c2ccccc2COc2ccc(C=O)cc21. The number of hydrogen-bond donors (Lipinski definition) is 0. The zero-order chi connectivity index (χ0) is 16.2. The molecular formula is C20H21NO2. The highest BCUT2D eigenvalue weighted by atomic mass is 16.5. The van der Waals surface area contributed by atoms with Crippen LogP contribution < -0.4 is 4.74 Å². The Bertz CT molecular complexity index is 747. The molecule has 0 radical (unpaired) electrons. The number of fused-ring (bicyclic) bond motifs is 2. The number of carbonyl (C=O) groups excluding carboxylic acids is 1. The molecule has 1 aliphatic heterocycles. The number of carbonyl (C=O) groups is 1. The van der Waals surface area contributed by atoms with Crippen LogP contribution in [0.1, 0.15) is 33.5 Å². The van der Waals surface area contributed by atoms with E-state index in [9.17, 15) is 4.79 Å². The quantitative estimate of drug-likeness (QED) is 0.805. The molecule has 3 rings (SSSR count). The average molecular weight is 307 g/mol. The maximum Gasteiger partial charge on any atom is 0.150 e. The van der Waals surface area contributed by atoms with E-state index in [2.05, 4.69) is 37.2 Å². The first-order chi connectivity index (χ1) is 11.2. The van der Waals surface area contributed by atoms with Crippen LogP contribution in [0.25, 0.3) is 5.57 Å². The van der Waals surface area contributed by atoms with Crippen LogP contribution in [0, 0.1) is 0 Å². The molecule has 0 saturated heterocycles. The molecule has 0 spiro atoms. The predicted molar refractivity (Wildman–Crippen MR) is 92.9 cm³/mol. The van der Waals surface area contributed by atoms with E-state index in [0.717, 1.165) is 36.1 Å². The van der Waals surface area contributed by atoms with Crippen LogP contribution >= 0.6 is 0 Å². The Morgan fingerprint density at radius 1 is 1.13 bits per heavy atom. The topological polar surface area (TPSA) is 29.5 Å². The highest BCUT2D eigenvalue weighted by molar-refractivity contribution is 5.88. The molecule has 0 unspecified atom stereocenters. The molecule has 3 nitrogen and oxygen atoms in total. The number of ether oxygens (including phenoxy) is 1. The maximum absolute atomic E-state index is 11.2. The summed E-state index contributed by atoms with van der Waals surface area (Å²) in [6.45, 7) is 1.53. The Balaban J connectivity index is 2.12. The van der Waals surface area contributed by atoms with Gasteiger partial charge in [-0.3, -0.25) is 4.79 Å². The fraction of sp³-hybridized carbons (Fsp3) is 0.250. The molecular weight excluding hydrogens is 286 g/mol. The van der Waals surface area contributed by atoms with Crippen LogP contribution in [0.5, 0.6) is 5.75 Å². The number of aldehydes is 1. The van der Waals surface area contributed by atoms with Gasteiger partial charge >= 0.3 is 0 Å². The molecule has 0 amide bonds. The lowest BCUT2D eigenvalue weighted by Gasteiger charge is -2.12. The van der Waals surface area contributed by atoms with E-state index < -0.39 is 0 Å². The molecule has 1 aliphatic rings. The first kappa shape index (κ1) is 15.5. The first-order valence-corrected chi connectivity index (χ1v) is 7.84. The van der Waals surface area contributed by atoms with Gasteiger partial charge in [0.1, 0.15) is 18.6 Å². The third kappa shape index (κ3) is 3.35. The zero-order valence-corrected chi connectivity index (χ0v) is 13.6. The summed E-state index contributed by atoms with van der Waals surface area (Å²) in [4.78, 5) is 13.3. The summed E-state index contributed by atoms with van der Waals surface area (Å²) < 4.78 is 5.96. The largest absolute Gasteiger partial charge is 0.488 e. The monoisotopic (exact) mass is 307 g/mol. The molecule has 1 heterocycles. The summed E-state index contributed by atoms with van der Waals surface area (Å²) in [6.07, 6.45) is 4.08. The summed E-state index contributed by atoms with van der Waals surface area (Å²) in [7, 11) is 4.14. The second-order valence-corrected chi connectivity index (χ2v) is 6.03. The molecule has 2 aromatic rings. The van der Waals surface area contributed by atoms with Crippen molar-refractivity contribution in [1.82, 2.24) is 4.90 Å². The van der Waals surface area contributed by atoms with Crippen molar-refractivity contribution >= 4 is 11.9 Å². The average Bonchev–Trinajstić information content (AvgIpc) is 2.71. The molecule has 0 saturated carbocycles. The second kappa shape index (κ2) is 6.80. The Labute approximate surface area is 137 Å². The van der Waals surface area contributed by atoms with Gasteiger partial charge in [0.15, 0.2) is 0 Å². The van der Waals surface area contributed by atoms with Gasteiger partial charge in [0.05, 0.1) is 0 Å². The Hall–Kier alpha value is -2.39. The van der Waals surface area contributed by atoms with Crippen molar-refractivity contribution in [2.45, 2.75) is 13.0 Å². The zero-order valence-electron chi connectivity index (χ0n) is 13.6. The van der Waals surface area contributed by atoms with E-state index >= 15 is 0 Å². The van der Waals surface area contributed by atoms with Crippen LogP contribution in [0.2, 0.25) is 0 Å². The smallest absolute Gasteiger partial charge is 0.150 e. The van der Waals surface area contributed by atoms with Gasteiger partial charge in [0, 0.05) is 17.7 Å². The van der Waals surface area contributed by atoms with E-state index in [0.29, 0.717) is 12.2 Å². The lowest BCUT2D eigenvalue weighted by atomic mass is 9.92. The summed E-state index contributed by atoms with van der Waals surface area (Å²) in [5, 5.41) is 0. The van der Waals surface area contributed by atoms with Crippen molar-refractivity contribution in [1.29, 1.82) is 0 Å². The first-order valence-electron chi connectivity index (χ1n) is 7.84. The van der Waals surface area contributed by atoms with Crippen molar-refractivity contribution in [3.05, 3.63) is 70.8 Å². The van der Waals surface area contributed by atoms with E-state index in [4.69, 9.17) is 4.74 Å². The normalized spacial score (nSPS) is 14.8. The van der Waals surface area contributed by atoms with Gasteiger partial charge in [-0.2, -0.15) is 0 Å². The summed E-state index contributed by atoms with van der Waals surface area (Å²) in [5.41, 5.74) is 5.18. The maximum atomic E-state index is 11.2. The van der Waals surface area contributed by atoms with E-state index in [1.807, 2.05) is 24.3 Å². The molecule has 2 aromatic carbocycles. The standard InChI is InChI=1S/C20H21NO2/c1-21(2)11-5-8-18-17-7-4-3-6-16(17)14-23-20-10-9-15(13-22)12-19(18)20/h3-4,6-10,12-13H,5,11,14H2,1-2H3/b18-8-. The molecule has 23 heavy (non-hydrogen) atoms. The Kier molecular flexibility index (Phi) is 4.58. The third-order valence-corrected chi connectivity index (χ3v) is 4.05. The van der Waals surface area contributed by atoms with Gasteiger partial charge in [-0.15, -0.1) is 0 Å². The molecule has 3 heteroatoms. The molecule has 0 aromatic heterocycles. The van der Waals surface area contributed by atoms with Crippen molar-refractivity contribution in [3.8, 4) is 5.75 Å². The van der Waals surface area contributed by atoms with Gasteiger partial charge in [-0.05, 0) is 55.4 Å². The van der Waals surface area contributed by atoms with Crippen molar-refractivity contribution in [2.24, 2.45) is 0 Å². The van der Waals surface area contributed by atoms with Crippen molar-refractivity contribution < 1.29 is 9.53 Å². The van der Waals surface area contributed by atoms with Gasteiger partial charge in [-0.25, -0.2) is 0 Å². The Morgan fingerprint density at radius 3 is 2.74 bits per heavy atom. The minimum absolute atomic E-state index is 0.550. The van der Waals surface area contributed by atoms with E-state index in [-0.39, 0.29) is 0 Å². The number of nitrogens with zero attached hydrogens (tertiary/aromatic N) is 1. The van der Waals surface area contributed by atoms with Crippen LogP contribution in [0.3, 0.4) is 0 Å². The minimum atomic E-state index is 0.550. The number of rotatable bonds is 4. The summed E-state index contributed by atoms with van der Waals surface area (Å²) >= 11 is 0. The molecule has 0 aliphatic carbocycles. The third-order valence-electron chi connectivity index (χ3n) is 4.05.